The van der Waals surface area contributed by atoms with E-state index < -0.39 is 41.1 Å². The molecule has 5 atom stereocenters. The van der Waals surface area contributed by atoms with Crippen molar-refractivity contribution in [1.29, 1.82) is 0 Å². The summed E-state index contributed by atoms with van der Waals surface area (Å²) in [6.45, 7) is -2.38. The molecule has 164 valence electrons. The van der Waals surface area contributed by atoms with E-state index in [1.165, 1.54) is 15.7 Å². The molecule has 5 rings (SSSR count). The Morgan fingerprint density at radius 2 is 2.06 bits per heavy atom. The first-order valence-corrected chi connectivity index (χ1v) is 11.0. The Labute approximate surface area is 194 Å². The van der Waals surface area contributed by atoms with Gasteiger partial charge in [-0.25, -0.2) is 9.59 Å². The fourth-order valence-corrected chi connectivity index (χ4v) is 5.48. The molecule has 31 heavy (non-hydrogen) atoms. The molecule has 1 aromatic heterocycles. The van der Waals surface area contributed by atoms with Crippen LogP contribution in [0.15, 0.2) is 30.5 Å². The smallest absolute Gasteiger partial charge is 0.323 e. The zero-order valence-electron chi connectivity index (χ0n) is 19.6. The number of amides is 3. The van der Waals surface area contributed by atoms with Crippen molar-refractivity contribution in [1.82, 2.24) is 9.47 Å². The van der Waals surface area contributed by atoms with Gasteiger partial charge in [0.2, 0.25) is 0 Å². The summed E-state index contributed by atoms with van der Waals surface area (Å²) in [6, 6.07) is 5.10. The monoisotopic (exact) mass is 465 g/mol. The summed E-state index contributed by atoms with van der Waals surface area (Å²) in [5, 5.41) is 3.47. The number of piperidine rings is 1. The number of aromatic nitrogens is 1. The van der Waals surface area contributed by atoms with Crippen LogP contribution in [0.25, 0.3) is 10.9 Å². The molecular formula is C22H24Cl2N4O3. The molecular weight excluding hydrogens is 439 g/mol. The van der Waals surface area contributed by atoms with Gasteiger partial charge in [0.1, 0.15) is 4.33 Å². The third kappa shape index (κ3) is 3.57. The molecule has 2 heterocycles. The number of halogens is 2. The normalized spacial score (nSPS) is 30.6. The van der Waals surface area contributed by atoms with Crippen LogP contribution < -0.4 is 11.1 Å². The van der Waals surface area contributed by atoms with E-state index in [-0.39, 0.29) is 24.2 Å². The van der Waals surface area contributed by atoms with Crippen LogP contribution in [-0.4, -0.2) is 43.7 Å². The highest BCUT2D eigenvalue weighted by Gasteiger charge is 2.58. The number of hydrogen-bond donors (Lipinski definition) is 2. The van der Waals surface area contributed by atoms with Crippen molar-refractivity contribution in [3.05, 3.63) is 30.5 Å². The van der Waals surface area contributed by atoms with Crippen LogP contribution in [0, 0.1) is 17.8 Å². The van der Waals surface area contributed by atoms with E-state index in [1.54, 1.807) is 24.3 Å². The molecule has 1 aromatic carbocycles. The second-order valence-corrected chi connectivity index (χ2v) is 10.3. The van der Waals surface area contributed by atoms with Crippen molar-refractivity contribution in [3.63, 3.8) is 0 Å². The molecule has 3 fully saturated rings. The summed E-state index contributed by atoms with van der Waals surface area (Å²) >= 11 is 12.2. The number of para-hydroxylation sites is 1. The number of carbonyl (C=O) groups is 3. The highest BCUT2D eigenvalue weighted by Crippen LogP contribution is 2.58. The van der Waals surface area contributed by atoms with Gasteiger partial charge in [-0.15, -0.1) is 23.2 Å². The van der Waals surface area contributed by atoms with Crippen LogP contribution in [0.2, 0.25) is 0 Å². The third-order valence-electron chi connectivity index (χ3n) is 6.68. The number of ketones is 1. The number of primary amides is 1. The number of nitrogens with zero attached hydrogens (tertiary/aromatic N) is 2. The first-order valence-electron chi connectivity index (χ1n) is 11.8. The maximum Gasteiger partial charge on any atom is 0.323 e. The molecule has 0 unspecified atom stereocenters. The molecule has 3 amide bonds. The first-order chi connectivity index (χ1) is 15.9. The third-order valence-corrected chi connectivity index (χ3v) is 7.55. The van der Waals surface area contributed by atoms with Gasteiger partial charge >= 0.3 is 12.1 Å². The Bertz CT molecular complexity index is 1200. The number of hydrogen-bond acceptors (Lipinski definition) is 3. The number of nitrogens with two attached hydrogens (primary N) is 1. The van der Waals surface area contributed by atoms with Crippen LogP contribution in [0.1, 0.15) is 36.6 Å². The number of fused-ring (bicyclic) bond motifs is 2. The number of Topliss-reactive ketones (excluding diaryl/α,β-unsaturated/α-hetero) is 1. The standard InChI is InChI=1S/C22H24Cl2N4O3/c1-11(14-9-22(14,23)24)6-19(29)18-8-12-7-17(12)28(18)21(31)26-15-10-27(20(25)30)16-5-3-2-4-13(15)16/h2-5,10-12,14,17-18H,6-9H2,1H3,(H2,25,30)(H,26,31)/t11-,12+,14+,17+,18-/m0/s1/i1D3. The zero-order valence-corrected chi connectivity index (χ0v) is 18.1. The average molecular weight is 466 g/mol. The lowest BCUT2D eigenvalue weighted by molar-refractivity contribution is -0.124. The molecule has 3 aliphatic rings. The SMILES string of the molecule is [2H]C([2H])([2H])[C@@H](CC(=O)[C@@H]1C[C@H]2C[C@H]2N1C(=O)Nc1cn(C(N)=O)c2ccccc12)[C@H]1CC1(Cl)Cl. The summed E-state index contributed by atoms with van der Waals surface area (Å²) < 4.78 is 23.8. The molecule has 1 aliphatic heterocycles. The summed E-state index contributed by atoms with van der Waals surface area (Å²) in [4.78, 5) is 39.9. The van der Waals surface area contributed by atoms with E-state index in [0.717, 1.165) is 6.42 Å². The van der Waals surface area contributed by atoms with E-state index in [4.69, 9.17) is 33.0 Å². The fourth-order valence-electron chi connectivity index (χ4n) is 4.84. The molecule has 1 saturated heterocycles. The van der Waals surface area contributed by atoms with Crippen molar-refractivity contribution in [3.8, 4) is 0 Å². The molecule has 0 radical (unpaired) electrons. The van der Waals surface area contributed by atoms with E-state index in [9.17, 15) is 14.4 Å². The number of urea groups is 1. The van der Waals surface area contributed by atoms with E-state index in [1.807, 2.05) is 0 Å². The minimum Gasteiger partial charge on any atom is -0.351 e. The van der Waals surface area contributed by atoms with Crippen LogP contribution in [0.5, 0.6) is 0 Å². The highest BCUT2D eigenvalue weighted by molar-refractivity contribution is 6.50. The minimum absolute atomic E-state index is 0.0641. The lowest BCUT2D eigenvalue weighted by atomic mass is 9.94. The summed E-state index contributed by atoms with van der Waals surface area (Å²) in [6.07, 6.45) is 2.89. The van der Waals surface area contributed by atoms with E-state index in [2.05, 4.69) is 5.32 Å². The van der Waals surface area contributed by atoms with Crippen LogP contribution >= 0.6 is 23.2 Å². The van der Waals surface area contributed by atoms with Crippen LogP contribution in [0.4, 0.5) is 15.3 Å². The van der Waals surface area contributed by atoms with Gasteiger partial charge in [-0.2, -0.15) is 0 Å². The summed E-state index contributed by atoms with van der Waals surface area (Å²) in [7, 11) is 0. The minimum atomic E-state index is -2.38. The Balaban J connectivity index is 1.36. The number of anilines is 1. The summed E-state index contributed by atoms with van der Waals surface area (Å²) in [5.41, 5.74) is 6.42. The zero-order chi connectivity index (χ0) is 24.6. The molecule has 0 bridgehead atoms. The number of alkyl halides is 2. The number of nitrogens with one attached hydrogen (secondary N) is 1. The van der Waals surface area contributed by atoms with Gasteiger partial charge in [-0.1, -0.05) is 25.1 Å². The summed E-state index contributed by atoms with van der Waals surface area (Å²) in [5.74, 6) is -1.51. The molecule has 7 nitrogen and oxygen atoms in total. The van der Waals surface area contributed by atoms with E-state index in [0.29, 0.717) is 29.4 Å². The Kier molecular flexibility index (Phi) is 3.99. The lowest BCUT2D eigenvalue weighted by Gasteiger charge is -2.27. The maximum absolute atomic E-state index is 13.3. The van der Waals surface area contributed by atoms with Crippen molar-refractivity contribution in [2.24, 2.45) is 23.5 Å². The van der Waals surface area contributed by atoms with Crippen molar-refractivity contribution >= 4 is 57.6 Å². The predicted molar refractivity (Wildman–Crippen MR) is 119 cm³/mol. The number of rotatable bonds is 5. The fraction of sp³-hybridized carbons (Fsp3) is 0.500. The molecule has 2 aromatic rings. The second kappa shape index (κ2) is 7.14. The van der Waals surface area contributed by atoms with Gasteiger partial charge < -0.3 is 16.0 Å². The van der Waals surface area contributed by atoms with Gasteiger partial charge in [0.25, 0.3) is 0 Å². The Morgan fingerprint density at radius 3 is 2.74 bits per heavy atom. The molecule has 2 aliphatic carbocycles. The molecule has 0 spiro atoms. The second-order valence-electron chi connectivity index (χ2n) is 8.77. The predicted octanol–water partition coefficient (Wildman–Crippen LogP) is 4.35. The van der Waals surface area contributed by atoms with Crippen molar-refractivity contribution in [2.45, 2.75) is 49.0 Å². The topological polar surface area (TPSA) is 97.4 Å². The number of benzene rings is 1. The average Bonchev–Trinajstić information content (AvgIpc) is 3.54. The number of likely N-dealkylation sites (tertiary alicyclic amines) is 1. The van der Waals surface area contributed by atoms with E-state index >= 15 is 0 Å². The Hall–Kier alpha value is -2.25. The van der Waals surface area contributed by atoms with Crippen LogP contribution in [0.3, 0.4) is 0 Å². The van der Waals surface area contributed by atoms with Gasteiger partial charge in [-0.05, 0) is 43.1 Å². The number of carbonyl (C=O) groups excluding carboxylic acids is 3. The molecule has 3 N–H and O–H groups in total. The first kappa shape index (κ1) is 17.3. The van der Waals surface area contributed by atoms with Gasteiger partial charge in [0.15, 0.2) is 5.78 Å². The molecule has 2 saturated carbocycles. The quantitative estimate of drug-likeness (QED) is 0.641. The maximum atomic E-state index is 13.3. The lowest BCUT2D eigenvalue weighted by Crippen LogP contribution is -2.45. The molecule has 9 heteroatoms. The largest absolute Gasteiger partial charge is 0.351 e. The van der Waals surface area contributed by atoms with Gasteiger partial charge in [-0.3, -0.25) is 9.36 Å². The Morgan fingerprint density at radius 1 is 1.32 bits per heavy atom. The van der Waals surface area contributed by atoms with Crippen molar-refractivity contribution < 1.29 is 18.5 Å². The van der Waals surface area contributed by atoms with Crippen molar-refractivity contribution in [2.75, 3.05) is 5.32 Å². The highest BCUT2D eigenvalue weighted by atomic mass is 35.5. The van der Waals surface area contributed by atoms with Crippen LogP contribution in [-0.2, 0) is 4.79 Å². The van der Waals surface area contributed by atoms with Gasteiger partial charge in [0, 0.05) is 28.2 Å². The van der Waals surface area contributed by atoms with Gasteiger partial charge in [0.05, 0.1) is 17.2 Å².